The molecular weight excluding hydrogens is 481 g/mol. The Labute approximate surface area is 193 Å². The average molecular weight is 503 g/mol. The van der Waals surface area contributed by atoms with Crippen LogP contribution in [0, 0.1) is 29.3 Å². The van der Waals surface area contributed by atoms with Crippen LogP contribution >= 0.6 is 11.6 Å². The van der Waals surface area contributed by atoms with E-state index in [1.165, 1.54) is 12.1 Å². The second kappa shape index (κ2) is 8.57. The number of rotatable bonds is 5. The molecule has 2 aliphatic carbocycles. The number of hydrogen-bond acceptors (Lipinski definition) is 5. The van der Waals surface area contributed by atoms with E-state index in [2.05, 4.69) is 5.32 Å². The minimum atomic E-state index is -3.97. The quantitative estimate of drug-likeness (QED) is 0.541. The van der Waals surface area contributed by atoms with Crippen molar-refractivity contribution in [1.29, 1.82) is 0 Å². The van der Waals surface area contributed by atoms with Crippen LogP contribution in [0.3, 0.4) is 0 Å². The molecule has 2 fully saturated rings. The molecule has 178 valence electrons. The van der Waals surface area contributed by atoms with Crippen molar-refractivity contribution >= 4 is 33.0 Å². The fourth-order valence-corrected chi connectivity index (χ4v) is 7.99. The monoisotopic (exact) mass is 502 g/mol. The van der Waals surface area contributed by atoms with Gasteiger partial charge in [-0.3, -0.25) is 4.79 Å². The Morgan fingerprint density at radius 3 is 2.24 bits per heavy atom. The van der Waals surface area contributed by atoms with Crippen molar-refractivity contribution in [2.24, 2.45) is 17.6 Å². The molecule has 3 unspecified atom stereocenters. The van der Waals surface area contributed by atoms with Crippen LogP contribution in [0.1, 0.15) is 36.0 Å². The zero-order chi connectivity index (χ0) is 24.1. The molecule has 11 heteroatoms. The number of carbonyl (C=O) groups excluding carboxylic acids is 1. The van der Waals surface area contributed by atoms with E-state index < -0.39 is 44.0 Å². The van der Waals surface area contributed by atoms with Crippen LogP contribution in [-0.2, 0) is 9.84 Å². The van der Waals surface area contributed by atoms with E-state index in [9.17, 15) is 31.5 Å². The van der Waals surface area contributed by atoms with Crippen molar-refractivity contribution in [3.63, 3.8) is 0 Å². The van der Waals surface area contributed by atoms with E-state index >= 15 is 0 Å². The molecule has 0 aliphatic heterocycles. The van der Waals surface area contributed by atoms with Gasteiger partial charge < -0.3 is 16.2 Å². The van der Waals surface area contributed by atoms with Gasteiger partial charge in [0.2, 0.25) is 0 Å². The number of hydrogen-bond donors (Lipinski definition) is 3. The fraction of sp³-hybridized carbons (Fsp3) is 0.409. The first kappa shape index (κ1) is 24.0. The molecule has 4 atom stereocenters. The maximum atomic E-state index is 13.6. The Kier molecular flexibility index (Phi) is 6.24. The van der Waals surface area contributed by atoms with Crippen molar-refractivity contribution in [3.05, 3.63) is 58.4 Å². The van der Waals surface area contributed by atoms with Gasteiger partial charge >= 0.3 is 0 Å². The molecule has 2 aromatic rings. The smallest absolute Gasteiger partial charge is 0.255 e. The van der Waals surface area contributed by atoms with Crippen LogP contribution < -0.4 is 11.1 Å². The maximum Gasteiger partial charge on any atom is 0.255 e. The Morgan fingerprint density at radius 2 is 1.70 bits per heavy atom. The van der Waals surface area contributed by atoms with Gasteiger partial charge in [-0.25, -0.2) is 21.6 Å². The number of nitrogens with one attached hydrogen (secondary N) is 1. The standard InChI is InChI=1S/C22H22ClF3N2O4S/c23-15-4-3-11(21(29)28-14-6-16(24)19(26)17(25)7-14)5-18(15)33(31,32)20-12-1-2-13(20)9-22(30,8-12)10-27/h3-7,12-13,20,30H,1-2,8-10,27H2,(H,28,29)/t12-,13?,20?,22?/m0/s1. The second-order valence-corrected chi connectivity index (χ2v) is 11.3. The van der Waals surface area contributed by atoms with Crippen molar-refractivity contribution in [2.75, 3.05) is 11.9 Å². The Balaban J connectivity index is 1.63. The number of nitrogens with two attached hydrogens (primary N) is 1. The summed E-state index contributed by atoms with van der Waals surface area (Å²) in [4.78, 5) is 12.4. The summed E-state index contributed by atoms with van der Waals surface area (Å²) < 4.78 is 67.2. The van der Waals surface area contributed by atoms with Crippen molar-refractivity contribution in [2.45, 2.75) is 41.4 Å². The number of carbonyl (C=O) groups is 1. The van der Waals surface area contributed by atoms with Gasteiger partial charge in [-0.05, 0) is 55.7 Å². The molecule has 2 aromatic carbocycles. The highest BCUT2D eigenvalue weighted by Crippen LogP contribution is 2.51. The highest BCUT2D eigenvalue weighted by molar-refractivity contribution is 7.92. The molecule has 1 amide bonds. The van der Waals surface area contributed by atoms with Crippen molar-refractivity contribution in [1.82, 2.24) is 0 Å². The number of benzene rings is 2. The lowest BCUT2D eigenvalue weighted by molar-refractivity contribution is -0.0106. The summed E-state index contributed by atoms with van der Waals surface area (Å²) in [5.74, 6) is -6.05. The highest BCUT2D eigenvalue weighted by Gasteiger charge is 2.53. The molecule has 2 bridgehead atoms. The van der Waals surface area contributed by atoms with Gasteiger partial charge in [0.05, 0.1) is 20.8 Å². The normalized spacial score (nSPS) is 26.9. The molecule has 6 nitrogen and oxygen atoms in total. The molecule has 2 aliphatic rings. The third-order valence-corrected chi connectivity index (χ3v) is 9.48. The Bertz CT molecular complexity index is 1190. The van der Waals surface area contributed by atoms with Crippen molar-refractivity contribution < 1.29 is 31.5 Å². The number of anilines is 1. The van der Waals surface area contributed by atoms with Gasteiger partial charge in [-0.1, -0.05) is 11.6 Å². The first-order chi connectivity index (χ1) is 15.4. The summed E-state index contributed by atoms with van der Waals surface area (Å²) in [6.45, 7) is 0.0494. The van der Waals surface area contributed by atoms with Gasteiger partial charge in [0.1, 0.15) is 0 Å². The van der Waals surface area contributed by atoms with Crippen LogP contribution in [-0.4, -0.2) is 36.8 Å². The molecule has 2 saturated carbocycles. The topological polar surface area (TPSA) is 109 Å². The summed E-state index contributed by atoms with van der Waals surface area (Å²) in [5.41, 5.74) is 4.16. The molecule has 4 rings (SSSR count). The van der Waals surface area contributed by atoms with Gasteiger partial charge in [-0.15, -0.1) is 0 Å². The van der Waals surface area contributed by atoms with Crippen LogP contribution in [0.15, 0.2) is 35.2 Å². The third kappa shape index (κ3) is 4.37. The van der Waals surface area contributed by atoms with Gasteiger partial charge in [-0.2, -0.15) is 0 Å². The zero-order valence-electron chi connectivity index (χ0n) is 17.3. The number of sulfone groups is 1. The van der Waals surface area contributed by atoms with Gasteiger partial charge in [0, 0.05) is 29.9 Å². The maximum absolute atomic E-state index is 13.6. The molecule has 0 radical (unpaired) electrons. The molecule has 0 heterocycles. The molecule has 0 spiro atoms. The molecular formula is C22H22ClF3N2O4S. The van der Waals surface area contributed by atoms with Gasteiger partial charge in [0.15, 0.2) is 27.3 Å². The summed E-state index contributed by atoms with van der Waals surface area (Å²) in [5, 5.41) is 12.0. The van der Waals surface area contributed by atoms with E-state index in [0.717, 1.165) is 6.07 Å². The molecule has 0 saturated heterocycles. The fourth-order valence-electron chi connectivity index (χ4n) is 5.15. The Morgan fingerprint density at radius 1 is 1.12 bits per heavy atom. The lowest BCUT2D eigenvalue weighted by Gasteiger charge is -2.40. The molecule has 4 N–H and O–H groups in total. The average Bonchev–Trinajstić information content (AvgIpc) is 3.05. The minimum absolute atomic E-state index is 0.0494. The molecule has 33 heavy (non-hydrogen) atoms. The van der Waals surface area contributed by atoms with Gasteiger partial charge in [0.25, 0.3) is 5.91 Å². The number of fused-ring (bicyclic) bond motifs is 2. The van der Waals surface area contributed by atoms with Crippen LogP contribution in [0.25, 0.3) is 0 Å². The number of halogens is 4. The summed E-state index contributed by atoms with van der Waals surface area (Å²) >= 11 is 6.20. The minimum Gasteiger partial charge on any atom is -0.389 e. The summed E-state index contributed by atoms with van der Waals surface area (Å²) in [6, 6.07) is 4.88. The summed E-state index contributed by atoms with van der Waals surface area (Å²) in [6.07, 6.45) is 1.81. The largest absolute Gasteiger partial charge is 0.389 e. The van der Waals surface area contributed by atoms with E-state index in [0.29, 0.717) is 25.0 Å². The predicted octanol–water partition coefficient (Wildman–Crippen LogP) is 3.66. The number of amides is 1. The van der Waals surface area contributed by atoms with Crippen LogP contribution in [0.5, 0.6) is 0 Å². The van der Waals surface area contributed by atoms with E-state index in [1.54, 1.807) is 0 Å². The lowest BCUT2D eigenvalue weighted by atomic mass is 9.77. The van der Waals surface area contributed by atoms with E-state index in [4.69, 9.17) is 17.3 Å². The first-order valence-corrected chi connectivity index (χ1v) is 12.3. The molecule has 0 aromatic heterocycles. The van der Waals surface area contributed by atoms with E-state index in [-0.39, 0.29) is 52.4 Å². The highest BCUT2D eigenvalue weighted by atomic mass is 35.5. The SMILES string of the molecule is NCC1(O)CC2CC[C@@H](C1)C2S(=O)(=O)c1cc(C(=O)Nc2cc(F)c(F)c(F)c2)ccc1Cl. The second-order valence-electron chi connectivity index (χ2n) is 8.80. The zero-order valence-corrected chi connectivity index (χ0v) is 18.9. The van der Waals surface area contributed by atoms with Crippen LogP contribution in [0.4, 0.5) is 18.9 Å². The lowest BCUT2D eigenvalue weighted by Crippen LogP contribution is -2.49. The number of aliphatic hydroxyl groups is 1. The van der Waals surface area contributed by atoms with E-state index in [1.807, 2.05) is 0 Å². The van der Waals surface area contributed by atoms with Crippen molar-refractivity contribution in [3.8, 4) is 0 Å². The Hall–Kier alpha value is -2.14. The third-order valence-electron chi connectivity index (χ3n) is 6.60. The van der Waals surface area contributed by atoms with Crippen LogP contribution in [0.2, 0.25) is 5.02 Å². The predicted molar refractivity (Wildman–Crippen MR) is 116 cm³/mol. The first-order valence-electron chi connectivity index (χ1n) is 10.4. The summed E-state index contributed by atoms with van der Waals surface area (Å²) in [7, 11) is -3.97.